The van der Waals surface area contributed by atoms with E-state index in [4.69, 9.17) is 11.6 Å². The van der Waals surface area contributed by atoms with Crippen LogP contribution in [0.2, 0.25) is 5.02 Å². The highest BCUT2D eigenvalue weighted by molar-refractivity contribution is 7.99. The molecule has 2 aromatic carbocycles. The maximum atomic E-state index is 12.3. The molecular weight excluding hydrogens is 444 g/mol. The number of amides is 1. The minimum atomic E-state index is -0.252. The molecule has 0 unspecified atom stereocenters. The van der Waals surface area contributed by atoms with Gasteiger partial charge in [0.25, 0.3) is 5.91 Å². The van der Waals surface area contributed by atoms with Gasteiger partial charge in [-0.05, 0) is 37.3 Å². The van der Waals surface area contributed by atoms with E-state index in [1.807, 2.05) is 66.1 Å². The minimum Gasteiger partial charge on any atom is -0.272 e. The largest absolute Gasteiger partial charge is 0.272 e. The van der Waals surface area contributed by atoms with Gasteiger partial charge in [-0.3, -0.25) is 14.3 Å². The second-order valence-electron chi connectivity index (χ2n) is 6.85. The molecule has 1 amide bonds. The van der Waals surface area contributed by atoms with Crippen molar-refractivity contribution in [1.82, 2.24) is 25.2 Å². The van der Waals surface area contributed by atoms with Crippen LogP contribution in [-0.2, 0) is 4.79 Å². The first-order valence-electron chi connectivity index (χ1n) is 9.73. The van der Waals surface area contributed by atoms with Gasteiger partial charge in [0.2, 0.25) is 0 Å². The Morgan fingerprint density at radius 1 is 1.12 bits per heavy atom. The highest BCUT2D eigenvalue weighted by Gasteiger charge is 2.17. The maximum Gasteiger partial charge on any atom is 0.250 e. The zero-order chi connectivity index (χ0) is 22.3. The van der Waals surface area contributed by atoms with Crippen molar-refractivity contribution in [3.8, 4) is 17.1 Å². The van der Waals surface area contributed by atoms with Gasteiger partial charge in [-0.2, -0.15) is 5.10 Å². The predicted molar refractivity (Wildman–Crippen MR) is 127 cm³/mol. The van der Waals surface area contributed by atoms with Crippen LogP contribution in [0, 0.1) is 6.92 Å². The number of benzene rings is 2. The van der Waals surface area contributed by atoms with Crippen molar-refractivity contribution in [3.63, 3.8) is 0 Å². The quantitative estimate of drug-likeness (QED) is 0.248. The van der Waals surface area contributed by atoms with Crippen molar-refractivity contribution in [2.24, 2.45) is 5.10 Å². The van der Waals surface area contributed by atoms with Crippen molar-refractivity contribution < 1.29 is 4.79 Å². The third kappa shape index (κ3) is 5.40. The van der Waals surface area contributed by atoms with E-state index in [1.165, 1.54) is 11.8 Å². The first-order valence-corrected chi connectivity index (χ1v) is 11.1. The van der Waals surface area contributed by atoms with Crippen LogP contribution in [0.3, 0.4) is 0 Å². The number of aryl methyl sites for hydroxylation is 1. The molecule has 0 saturated carbocycles. The first kappa shape index (κ1) is 21.7. The molecule has 7 nitrogen and oxygen atoms in total. The summed E-state index contributed by atoms with van der Waals surface area (Å²) in [5.74, 6) is 0.562. The Bertz CT molecular complexity index is 1220. The van der Waals surface area contributed by atoms with Crippen LogP contribution in [0.4, 0.5) is 0 Å². The van der Waals surface area contributed by atoms with E-state index in [9.17, 15) is 4.79 Å². The van der Waals surface area contributed by atoms with Crippen molar-refractivity contribution in [2.75, 3.05) is 5.75 Å². The number of hydrogen-bond donors (Lipinski definition) is 1. The summed E-state index contributed by atoms with van der Waals surface area (Å²) in [5, 5.41) is 13.9. The van der Waals surface area contributed by atoms with E-state index in [1.54, 1.807) is 24.7 Å². The van der Waals surface area contributed by atoms with Crippen molar-refractivity contribution in [2.45, 2.75) is 12.1 Å². The molecule has 2 aromatic heterocycles. The number of nitrogens with zero attached hydrogens (tertiary/aromatic N) is 5. The van der Waals surface area contributed by atoms with Crippen LogP contribution in [0.1, 0.15) is 11.1 Å². The molecule has 0 radical (unpaired) electrons. The highest BCUT2D eigenvalue weighted by Crippen LogP contribution is 2.28. The SMILES string of the molecule is Cc1ccc(-c2nnc(SCC(=O)N/N=C\c3cccnc3)n2-c2ccc(Cl)cc2)cc1. The molecule has 0 atom stereocenters. The topological polar surface area (TPSA) is 85.1 Å². The van der Waals surface area contributed by atoms with Crippen LogP contribution in [-0.4, -0.2) is 37.6 Å². The van der Waals surface area contributed by atoms with Crippen molar-refractivity contribution in [3.05, 3.63) is 89.2 Å². The number of hydrazone groups is 1. The lowest BCUT2D eigenvalue weighted by molar-refractivity contribution is -0.118. The van der Waals surface area contributed by atoms with Gasteiger partial charge >= 0.3 is 0 Å². The fourth-order valence-corrected chi connectivity index (χ4v) is 3.74. The van der Waals surface area contributed by atoms with E-state index < -0.39 is 0 Å². The van der Waals surface area contributed by atoms with Gasteiger partial charge in [0.15, 0.2) is 11.0 Å². The molecule has 0 spiro atoms. The summed E-state index contributed by atoms with van der Waals surface area (Å²) in [6, 6.07) is 19.1. The Morgan fingerprint density at radius 2 is 1.91 bits per heavy atom. The second-order valence-corrected chi connectivity index (χ2v) is 8.23. The molecule has 9 heteroatoms. The van der Waals surface area contributed by atoms with Gasteiger partial charge in [0, 0.05) is 34.2 Å². The average molecular weight is 463 g/mol. The Morgan fingerprint density at radius 3 is 2.62 bits per heavy atom. The van der Waals surface area contributed by atoms with Gasteiger partial charge in [0.1, 0.15) is 0 Å². The summed E-state index contributed by atoms with van der Waals surface area (Å²) in [7, 11) is 0. The number of thioether (sulfide) groups is 1. The van der Waals surface area contributed by atoms with E-state index >= 15 is 0 Å². The van der Waals surface area contributed by atoms with E-state index in [0.717, 1.165) is 22.4 Å². The fourth-order valence-electron chi connectivity index (χ4n) is 2.87. The molecule has 0 aliphatic carbocycles. The Hall–Kier alpha value is -3.49. The van der Waals surface area contributed by atoms with Crippen LogP contribution in [0.15, 0.2) is 83.3 Å². The second kappa shape index (κ2) is 10.2. The number of carbonyl (C=O) groups is 1. The third-order valence-electron chi connectivity index (χ3n) is 4.45. The summed E-state index contributed by atoms with van der Waals surface area (Å²) < 4.78 is 1.91. The molecule has 160 valence electrons. The van der Waals surface area contributed by atoms with E-state index in [2.05, 4.69) is 25.7 Å². The van der Waals surface area contributed by atoms with Crippen LogP contribution in [0.5, 0.6) is 0 Å². The summed E-state index contributed by atoms with van der Waals surface area (Å²) in [5.41, 5.74) is 6.25. The van der Waals surface area contributed by atoms with Crippen LogP contribution < -0.4 is 5.43 Å². The maximum absolute atomic E-state index is 12.3. The molecule has 2 heterocycles. The Balaban J connectivity index is 1.53. The standard InChI is InChI=1S/C23H19ClN6OS/c1-16-4-6-18(7-5-16)22-28-29-23(30(22)20-10-8-19(24)9-11-20)32-15-21(31)27-26-14-17-3-2-12-25-13-17/h2-14H,15H2,1H3,(H,27,31)/b26-14-. The minimum absolute atomic E-state index is 0.129. The molecular formula is C23H19ClN6OS. The van der Waals surface area contributed by atoms with Gasteiger partial charge in [-0.25, -0.2) is 5.43 Å². The monoisotopic (exact) mass is 462 g/mol. The Kier molecular flexibility index (Phi) is 6.94. The molecule has 0 aliphatic heterocycles. The van der Waals surface area contributed by atoms with Crippen molar-refractivity contribution in [1.29, 1.82) is 0 Å². The van der Waals surface area contributed by atoms with Gasteiger partial charge in [0.05, 0.1) is 12.0 Å². The number of carbonyl (C=O) groups excluding carboxylic acids is 1. The molecule has 0 aliphatic rings. The van der Waals surface area contributed by atoms with Gasteiger partial charge < -0.3 is 0 Å². The normalized spacial score (nSPS) is 11.1. The molecule has 4 rings (SSSR count). The highest BCUT2D eigenvalue weighted by atomic mass is 35.5. The number of nitrogens with one attached hydrogen (secondary N) is 1. The Labute approximate surface area is 194 Å². The van der Waals surface area contributed by atoms with Crippen molar-refractivity contribution >= 4 is 35.5 Å². The molecule has 0 saturated heterocycles. The molecule has 32 heavy (non-hydrogen) atoms. The number of rotatable bonds is 7. The molecule has 0 bridgehead atoms. The zero-order valence-corrected chi connectivity index (χ0v) is 18.7. The fraction of sp³-hybridized carbons (Fsp3) is 0.0870. The lowest BCUT2D eigenvalue weighted by Gasteiger charge is -2.10. The van der Waals surface area contributed by atoms with Crippen LogP contribution in [0.25, 0.3) is 17.1 Å². The first-order chi connectivity index (χ1) is 15.6. The zero-order valence-electron chi connectivity index (χ0n) is 17.1. The summed E-state index contributed by atoms with van der Waals surface area (Å²) >= 11 is 7.34. The lowest BCUT2D eigenvalue weighted by atomic mass is 10.1. The number of pyridine rings is 1. The third-order valence-corrected chi connectivity index (χ3v) is 5.63. The molecule has 4 aromatic rings. The average Bonchev–Trinajstić information content (AvgIpc) is 3.23. The molecule has 0 fully saturated rings. The smallest absolute Gasteiger partial charge is 0.250 e. The van der Waals surface area contributed by atoms with E-state index in [0.29, 0.717) is 16.0 Å². The number of hydrogen-bond acceptors (Lipinski definition) is 6. The van der Waals surface area contributed by atoms with E-state index in [-0.39, 0.29) is 11.7 Å². The lowest BCUT2D eigenvalue weighted by Crippen LogP contribution is -2.20. The van der Waals surface area contributed by atoms with Gasteiger partial charge in [-0.15, -0.1) is 10.2 Å². The van der Waals surface area contributed by atoms with Crippen LogP contribution >= 0.6 is 23.4 Å². The summed E-state index contributed by atoms with van der Waals surface area (Å²) in [6.45, 7) is 2.03. The number of halogens is 1. The summed E-state index contributed by atoms with van der Waals surface area (Å²) in [6.07, 6.45) is 4.88. The van der Waals surface area contributed by atoms with Gasteiger partial charge in [-0.1, -0.05) is 59.3 Å². The number of aromatic nitrogens is 4. The predicted octanol–water partition coefficient (Wildman–Crippen LogP) is 4.53. The molecule has 1 N–H and O–H groups in total. The summed E-state index contributed by atoms with van der Waals surface area (Å²) in [4.78, 5) is 16.3.